The van der Waals surface area contributed by atoms with Crippen molar-refractivity contribution in [3.63, 3.8) is 0 Å². The molecule has 31 heavy (non-hydrogen) atoms. The van der Waals surface area contributed by atoms with E-state index < -0.39 is 6.10 Å². The molecule has 0 saturated heterocycles. The van der Waals surface area contributed by atoms with Gasteiger partial charge in [-0.3, -0.25) is 0 Å². The zero-order valence-electron chi connectivity index (χ0n) is 18.4. The van der Waals surface area contributed by atoms with Crippen molar-refractivity contribution >= 4 is 23.4 Å². The fourth-order valence-electron chi connectivity index (χ4n) is 3.08. The number of hydrogen-bond donors (Lipinski definition) is 1. The first-order valence-corrected chi connectivity index (χ1v) is 11.4. The van der Waals surface area contributed by atoms with Gasteiger partial charge >= 0.3 is 0 Å². The number of hydrogen-bond acceptors (Lipinski definition) is 6. The van der Waals surface area contributed by atoms with E-state index in [4.69, 9.17) is 21.1 Å². The van der Waals surface area contributed by atoms with Crippen LogP contribution in [0, 0.1) is 6.92 Å². The van der Waals surface area contributed by atoms with E-state index in [9.17, 15) is 5.11 Å². The molecule has 0 fully saturated rings. The van der Waals surface area contributed by atoms with Crippen LogP contribution >= 0.6 is 23.4 Å². The number of aryl methyl sites for hydroxylation is 1. The van der Waals surface area contributed by atoms with Crippen molar-refractivity contribution in [3.05, 3.63) is 52.5 Å². The minimum absolute atomic E-state index is 0.191. The van der Waals surface area contributed by atoms with Crippen LogP contribution in [-0.2, 0) is 7.05 Å². The molecule has 0 spiro atoms. The lowest BCUT2D eigenvalue weighted by Crippen LogP contribution is -2.21. The largest absolute Gasteiger partial charge is 0.497 e. The van der Waals surface area contributed by atoms with E-state index in [1.54, 1.807) is 7.11 Å². The minimum Gasteiger partial charge on any atom is -0.497 e. The molecule has 1 N–H and O–H groups in total. The predicted octanol–water partition coefficient (Wildman–Crippen LogP) is 5.11. The summed E-state index contributed by atoms with van der Waals surface area (Å²) in [5, 5.41) is 20.5. The highest BCUT2D eigenvalue weighted by atomic mass is 35.5. The molecule has 3 rings (SSSR count). The summed E-state index contributed by atoms with van der Waals surface area (Å²) < 4.78 is 13.1. The van der Waals surface area contributed by atoms with Crippen LogP contribution in [0.2, 0.25) is 5.02 Å². The van der Waals surface area contributed by atoms with Crippen LogP contribution in [0.4, 0.5) is 0 Å². The van der Waals surface area contributed by atoms with Gasteiger partial charge in [0.2, 0.25) is 0 Å². The number of aliphatic hydroxyl groups is 1. The molecular weight excluding hydrogens is 434 g/mol. The quantitative estimate of drug-likeness (QED) is 0.446. The summed E-state index contributed by atoms with van der Waals surface area (Å²) in [6.45, 7) is 6.32. The van der Waals surface area contributed by atoms with Crippen molar-refractivity contribution < 1.29 is 14.6 Å². The lowest BCUT2D eigenvalue weighted by molar-refractivity contribution is 0.125. The topological polar surface area (TPSA) is 69.4 Å². The smallest absolute Gasteiger partial charge is 0.191 e. The third-order valence-electron chi connectivity index (χ3n) is 4.93. The molecule has 6 nitrogen and oxygen atoms in total. The molecule has 1 heterocycles. The molecule has 8 heteroatoms. The number of benzene rings is 2. The van der Waals surface area contributed by atoms with E-state index in [0.29, 0.717) is 5.75 Å². The zero-order valence-corrected chi connectivity index (χ0v) is 20.0. The number of rotatable bonds is 9. The molecule has 0 bridgehead atoms. The molecule has 0 amide bonds. The summed E-state index contributed by atoms with van der Waals surface area (Å²) in [6, 6.07) is 11.5. The van der Waals surface area contributed by atoms with E-state index in [1.165, 1.54) is 11.8 Å². The van der Waals surface area contributed by atoms with Crippen molar-refractivity contribution in [2.45, 2.75) is 37.9 Å². The molecule has 3 aromatic rings. The van der Waals surface area contributed by atoms with Crippen molar-refractivity contribution in [3.8, 4) is 22.9 Å². The lowest BCUT2D eigenvalue weighted by atomic mass is 10.0. The van der Waals surface area contributed by atoms with Crippen LogP contribution in [0.3, 0.4) is 0 Å². The van der Waals surface area contributed by atoms with Crippen molar-refractivity contribution in [2.24, 2.45) is 7.05 Å². The first kappa shape index (κ1) is 23.4. The van der Waals surface area contributed by atoms with Crippen LogP contribution in [0.15, 0.2) is 41.6 Å². The standard InChI is InChI=1S/C23H28ClN3O3S/c1-14(2)19-11-20(24)15(3)10-21(19)30-12-17(28)13-31-23-26-25-22(27(23)4)16-6-8-18(29-5)9-7-16/h6-11,14,17,28H,12-13H2,1-5H3. The summed E-state index contributed by atoms with van der Waals surface area (Å²) >= 11 is 7.70. The maximum atomic E-state index is 10.5. The molecule has 166 valence electrons. The van der Waals surface area contributed by atoms with Gasteiger partial charge in [-0.05, 0) is 60.4 Å². The number of thioether (sulfide) groups is 1. The summed E-state index contributed by atoms with van der Waals surface area (Å²) in [6.07, 6.45) is -0.651. The summed E-state index contributed by atoms with van der Waals surface area (Å²) in [4.78, 5) is 0. The molecular formula is C23H28ClN3O3S. The van der Waals surface area contributed by atoms with Gasteiger partial charge < -0.3 is 19.1 Å². The van der Waals surface area contributed by atoms with E-state index in [0.717, 1.165) is 44.2 Å². The number of ether oxygens (including phenoxy) is 2. The Bertz CT molecular complexity index is 1020. The monoisotopic (exact) mass is 461 g/mol. The van der Waals surface area contributed by atoms with Gasteiger partial charge in [-0.2, -0.15) is 0 Å². The van der Waals surface area contributed by atoms with E-state index >= 15 is 0 Å². The Morgan fingerprint density at radius 2 is 1.87 bits per heavy atom. The number of nitrogens with zero attached hydrogens (tertiary/aromatic N) is 3. The number of halogens is 1. The van der Waals surface area contributed by atoms with Crippen molar-refractivity contribution in [2.75, 3.05) is 19.5 Å². The van der Waals surface area contributed by atoms with Gasteiger partial charge in [-0.25, -0.2) is 0 Å². The fraction of sp³-hybridized carbons (Fsp3) is 0.391. The molecule has 0 radical (unpaired) electrons. The molecule has 0 aliphatic carbocycles. The Balaban J connectivity index is 1.60. The number of aliphatic hydroxyl groups excluding tert-OH is 1. The van der Waals surface area contributed by atoms with Crippen LogP contribution in [0.25, 0.3) is 11.4 Å². The van der Waals surface area contributed by atoms with E-state index in [1.807, 2.05) is 54.9 Å². The van der Waals surface area contributed by atoms with Gasteiger partial charge in [0.1, 0.15) is 18.1 Å². The zero-order chi connectivity index (χ0) is 22.5. The Morgan fingerprint density at radius 3 is 2.52 bits per heavy atom. The van der Waals surface area contributed by atoms with Gasteiger partial charge in [0, 0.05) is 23.4 Å². The minimum atomic E-state index is -0.651. The second-order valence-electron chi connectivity index (χ2n) is 7.66. The second kappa shape index (κ2) is 10.4. The molecule has 1 unspecified atom stereocenters. The molecule has 0 aliphatic rings. The van der Waals surface area contributed by atoms with Gasteiger partial charge in [-0.1, -0.05) is 37.2 Å². The van der Waals surface area contributed by atoms with Crippen LogP contribution in [0.5, 0.6) is 11.5 Å². The van der Waals surface area contributed by atoms with E-state index in [2.05, 4.69) is 24.0 Å². The van der Waals surface area contributed by atoms with Crippen LogP contribution in [0.1, 0.15) is 30.9 Å². The highest BCUT2D eigenvalue weighted by Crippen LogP contribution is 2.32. The Labute approximate surface area is 192 Å². The first-order valence-electron chi connectivity index (χ1n) is 10.1. The van der Waals surface area contributed by atoms with Crippen molar-refractivity contribution in [1.82, 2.24) is 14.8 Å². The number of aromatic nitrogens is 3. The van der Waals surface area contributed by atoms with Crippen LogP contribution < -0.4 is 9.47 Å². The molecule has 1 aromatic heterocycles. The SMILES string of the molecule is COc1ccc(-c2nnc(SCC(O)COc3cc(C)c(Cl)cc3C(C)C)n2C)cc1. The normalized spacial score (nSPS) is 12.3. The third-order valence-corrected chi connectivity index (χ3v) is 6.50. The van der Waals surface area contributed by atoms with Gasteiger partial charge in [-0.15, -0.1) is 10.2 Å². The molecule has 1 atom stereocenters. The Hall–Kier alpha value is -2.22. The Morgan fingerprint density at radius 1 is 1.16 bits per heavy atom. The average Bonchev–Trinajstić information content (AvgIpc) is 3.12. The third kappa shape index (κ3) is 5.73. The van der Waals surface area contributed by atoms with Crippen LogP contribution in [-0.4, -0.2) is 45.4 Å². The molecule has 2 aromatic carbocycles. The highest BCUT2D eigenvalue weighted by Gasteiger charge is 2.16. The second-order valence-corrected chi connectivity index (χ2v) is 9.06. The summed E-state index contributed by atoms with van der Waals surface area (Å²) in [5.41, 5.74) is 2.94. The molecule has 0 aliphatic heterocycles. The summed E-state index contributed by atoms with van der Waals surface area (Å²) in [7, 11) is 3.55. The van der Waals surface area contributed by atoms with Gasteiger partial charge in [0.25, 0.3) is 0 Å². The fourth-order valence-corrected chi connectivity index (χ4v) is 4.07. The molecule has 0 saturated carbocycles. The predicted molar refractivity (Wildman–Crippen MR) is 125 cm³/mol. The van der Waals surface area contributed by atoms with E-state index in [-0.39, 0.29) is 12.5 Å². The highest BCUT2D eigenvalue weighted by molar-refractivity contribution is 7.99. The average molecular weight is 462 g/mol. The maximum absolute atomic E-state index is 10.5. The lowest BCUT2D eigenvalue weighted by Gasteiger charge is -2.18. The maximum Gasteiger partial charge on any atom is 0.191 e. The Kier molecular flexibility index (Phi) is 7.86. The van der Waals surface area contributed by atoms with Gasteiger partial charge in [0.15, 0.2) is 11.0 Å². The van der Waals surface area contributed by atoms with Crippen molar-refractivity contribution in [1.29, 1.82) is 0 Å². The summed E-state index contributed by atoms with van der Waals surface area (Å²) in [5.74, 6) is 3.03. The number of methoxy groups -OCH3 is 1. The first-order chi connectivity index (χ1) is 14.8. The van der Waals surface area contributed by atoms with Gasteiger partial charge in [0.05, 0.1) is 13.2 Å².